The van der Waals surface area contributed by atoms with Crippen LogP contribution >= 0.6 is 0 Å². The van der Waals surface area contributed by atoms with Crippen LogP contribution in [0.25, 0.3) is 0 Å². The van der Waals surface area contributed by atoms with Crippen LogP contribution in [0.1, 0.15) is 118 Å². The summed E-state index contributed by atoms with van der Waals surface area (Å²) in [7, 11) is 0. The molecule has 2 heteroatoms. The summed E-state index contributed by atoms with van der Waals surface area (Å²) in [4.78, 5) is 0. The van der Waals surface area contributed by atoms with Crippen LogP contribution in [0.2, 0.25) is 0 Å². The highest BCUT2D eigenvalue weighted by atomic mass is 16.5. The minimum absolute atomic E-state index is 0.139. The molecule has 0 rings (SSSR count). The van der Waals surface area contributed by atoms with E-state index in [4.69, 9.17) is 9.47 Å². The molecular weight excluding hydrogens is 296 g/mol. The molecule has 0 heterocycles. The van der Waals surface area contributed by atoms with Crippen LogP contribution in [-0.4, -0.2) is 25.4 Å². The van der Waals surface area contributed by atoms with Crippen LogP contribution in [0.5, 0.6) is 0 Å². The SMILES string of the molecule is CCCCCCCCCC(CCC)(CCCC)OCCCOCC. The van der Waals surface area contributed by atoms with E-state index in [1.54, 1.807) is 0 Å². The second kappa shape index (κ2) is 17.7. The van der Waals surface area contributed by atoms with E-state index < -0.39 is 0 Å². The third kappa shape index (κ3) is 13.2. The number of ether oxygens (including phenoxy) is 2. The summed E-state index contributed by atoms with van der Waals surface area (Å²) in [6.45, 7) is 11.5. The highest BCUT2D eigenvalue weighted by Gasteiger charge is 2.28. The highest BCUT2D eigenvalue weighted by molar-refractivity contribution is 4.80. The quantitative estimate of drug-likeness (QED) is 0.229. The molecule has 2 nitrogen and oxygen atoms in total. The lowest BCUT2D eigenvalue weighted by Crippen LogP contribution is -2.33. The Kier molecular flexibility index (Phi) is 17.7. The lowest BCUT2D eigenvalue weighted by molar-refractivity contribution is -0.0722. The Morgan fingerprint density at radius 2 is 1.17 bits per heavy atom. The first-order valence-electron chi connectivity index (χ1n) is 11.0. The maximum Gasteiger partial charge on any atom is 0.0682 e. The van der Waals surface area contributed by atoms with Gasteiger partial charge in [0.25, 0.3) is 0 Å². The van der Waals surface area contributed by atoms with E-state index >= 15 is 0 Å². The molecule has 1 unspecified atom stereocenters. The third-order valence-electron chi connectivity index (χ3n) is 4.97. The molecule has 0 aliphatic rings. The molecule has 0 radical (unpaired) electrons. The van der Waals surface area contributed by atoms with Gasteiger partial charge in [0.15, 0.2) is 0 Å². The molecule has 0 bridgehead atoms. The van der Waals surface area contributed by atoms with Gasteiger partial charge in [-0.2, -0.15) is 0 Å². The van der Waals surface area contributed by atoms with Crippen molar-refractivity contribution in [2.75, 3.05) is 19.8 Å². The minimum atomic E-state index is 0.139. The third-order valence-corrected chi connectivity index (χ3v) is 4.97. The van der Waals surface area contributed by atoms with E-state index in [2.05, 4.69) is 27.7 Å². The Morgan fingerprint density at radius 1 is 0.542 bits per heavy atom. The van der Waals surface area contributed by atoms with Crippen LogP contribution in [0.3, 0.4) is 0 Å². The van der Waals surface area contributed by atoms with Gasteiger partial charge < -0.3 is 9.47 Å². The van der Waals surface area contributed by atoms with E-state index in [1.807, 2.05) is 0 Å². The summed E-state index contributed by atoms with van der Waals surface area (Å²) in [6.07, 6.45) is 18.2. The van der Waals surface area contributed by atoms with Crippen LogP contribution in [0.4, 0.5) is 0 Å². The average molecular weight is 343 g/mol. The molecule has 24 heavy (non-hydrogen) atoms. The summed E-state index contributed by atoms with van der Waals surface area (Å²) in [5.41, 5.74) is 0.139. The minimum Gasteiger partial charge on any atom is -0.382 e. The standard InChI is InChI=1S/C22H46O2/c1-5-9-11-12-13-14-15-19-22(17-7-3,18-10-6-2)24-21-16-20-23-8-4/h5-21H2,1-4H3. The fourth-order valence-electron chi connectivity index (χ4n) is 3.54. The van der Waals surface area contributed by atoms with Crippen molar-refractivity contribution < 1.29 is 9.47 Å². The van der Waals surface area contributed by atoms with Crippen molar-refractivity contribution in [2.45, 2.75) is 123 Å². The second-order valence-electron chi connectivity index (χ2n) is 7.31. The van der Waals surface area contributed by atoms with Gasteiger partial charge in [0.05, 0.1) is 5.60 Å². The van der Waals surface area contributed by atoms with Gasteiger partial charge >= 0.3 is 0 Å². The first kappa shape index (κ1) is 23.9. The zero-order chi connectivity index (χ0) is 17.9. The lowest BCUT2D eigenvalue weighted by Gasteiger charge is -2.34. The zero-order valence-electron chi connectivity index (χ0n) is 17.3. The summed E-state index contributed by atoms with van der Waals surface area (Å²) < 4.78 is 11.9. The Bertz CT molecular complexity index is 242. The van der Waals surface area contributed by atoms with Crippen LogP contribution in [-0.2, 0) is 9.47 Å². The van der Waals surface area contributed by atoms with Gasteiger partial charge in [-0.1, -0.05) is 85.0 Å². The van der Waals surface area contributed by atoms with Crippen molar-refractivity contribution in [3.63, 3.8) is 0 Å². The van der Waals surface area contributed by atoms with Gasteiger partial charge in [0, 0.05) is 19.8 Å². The van der Waals surface area contributed by atoms with Gasteiger partial charge in [-0.05, 0) is 32.6 Å². The monoisotopic (exact) mass is 342 g/mol. The first-order chi connectivity index (χ1) is 11.7. The van der Waals surface area contributed by atoms with Gasteiger partial charge in [-0.3, -0.25) is 0 Å². The predicted octanol–water partition coefficient (Wildman–Crippen LogP) is 7.30. The Hall–Kier alpha value is -0.0800. The number of hydrogen-bond donors (Lipinski definition) is 0. The molecule has 0 aromatic rings. The van der Waals surface area contributed by atoms with Crippen LogP contribution in [0, 0.1) is 0 Å². The van der Waals surface area contributed by atoms with Crippen molar-refractivity contribution in [1.82, 2.24) is 0 Å². The summed E-state index contributed by atoms with van der Waals surface area (Å²) in [6, 6.07) is 0. The molecule has 146 valence electrons. The summed E-state index contributed by atoms with van der Waals surface area (Å²) in [5.74, 6) is 0. The summed E-state index contributed by atoms with van der Waals surface area (Å²) in [5, 5.41) is 0. The van der Waals surface area contributed by atoms with Gasteiger partial charge in [-0.15, -0.1) is 0 Å². The van der Waals surface area contributed by atoms with E-state index in [1.165, 1.54) is 83.5 Å². The molecule has 0 aromatic heterocycles. The highest BCUT2D eigenvalue weighted by Crippen LogP contribution is 2.31. The largest absolute Gasteiger partial charge is 0.382 e. The van der Waals surface area contributed by atoms with Gasteiger partial charge in [0.2, 0.25) is 0 Å². The fraction of sp³-hybridized carbons (Fsp3) is 1.00. The van der Waals surface area contributed by atoms with E-state index in [0.29, 0.717) is 0 Å². The maximum atomic E-state index is 6.48. The smallest absolute Gasteiger partial charge is 0.0682 e. The first-order valence-corrected chi connectivity index (χ1v) is 11.0. The fourth-order valence-corrected chi connectivity index (χ4v) is 3.54. The van der Waals surface area contributed by atoms with Crippen molar-refractivity contribution in [1.29, 1.82) is 0 Å². The van der Waals surface area contributed by atoms with E-state index in [9.17, 15) is 0 Å². The average Bonchev–Trinajstić information content (AvgIpc) is 2.59. The van der Waals surface area contributed by atoms with Gasteiger partial charge in [0.1, 0.15) is 0 Å². The molecule has 0 aliphatic heterocycles. The molecular formula is C22H46O2. The van der Waals surface area contributed by atoms with E-state index in [0.717, 1.165) is 26.2 Å². The molecule has 1 atom stereocenters. The molecule has 0 amide bonds. The molecule has 0 saturated heterocycles. The molecule has 0 aliphatic carbocycles. The molecule has 0 spiro atoms. The van der Waals surface area contributed by atoms with Crippen LogP contribution in [0.15, 0.2) is 0 Å². The maximum absolute atomic E-state index is 6.48. The lowest BCUT2D eigenvalue weighted by atomic mass is 9.86. The zero-order valence-corrected chi connectivity index (χ0v) is 17.3. The molecule has 0 saturated carbocycles. The Balaban J connectivity index is 4.21. The Labute approximate surface area is 153 Å². The molecule has 0 fully saturated rings. The van der Waals surface area contributed by atoms with Crippen LogP contribution < -0.4 is 0 Å². The summed E-state index contributed by atoms with van der Waals surface area (Å²) >= 11 is 0. The normalized spacial score (nSPS) is 14.0. The predicted molar refractivity (Wildman–Crippen MR) is 107 cm³/mol. The number of rotatable bonds is 19. The van der Waals surface area contributed by atoms with Crippen molar-refractivity contribution >= 4 is 0 Å². The molecule has 0 N–H and O–H groups in total. The number of unbranched alkanes of at least 4 members (excludes halogenated alkanes) is 7. The van der Waals surface area contributed by atoms with E-state index in [-0.39, 0.29) is 5.60 Å². The second-order valence-corrected chi connectivity index (χ2v) is 7.31. The molecule has 0 aromatic carbocycles. The Morgan fingerprint density at radius 3 is 1.79 bits per heavy atom. The van der Waals surface area contributed by atoms with Crippen molar-refractivity contribution in [3.8, 4) is 0 Å². The topological polar surface area (TPSA) is 18.5 Å². The van der Waals surface area contributed by atoms with Gasteiger partial charge in [-0.25, -0.2) is 0 Å². The van der Waals surface area contributed by atoms with Crippen molar-refractivity contribution in [3.05, 3.63) is 0 Å². The number of hydrogen-bond acceptors (Lipinski definition) is 2. The van der Waals surface area contributed by atoms with Crippen molar-refractivity contribution in [2.24, 2.45) is 0 Å².